The van der Waals surface area contributed by atoms with Gasteiger partial charge in [-0.3, -0.25) is 9.59 Å². The van der Waals surface area contributed by atoms with Gasteiger partial charge in [0.2, 0.25) is 0 Å². The third-order valence-electron chi connectivity index (χ3n) is 4.12. The highest BCUT2D eigenvalue weighted by Crippen LogP contribution is 2.22. The van der Waals surface area contributed by atoms with Gasteiger partial charge in [0.15, 0.2) is 6.10 Å². The van der Waals surface area contributed by atoms with E-state index < -0.39 is 18.1 Å². The maximum absolute atomic E-state index is 12.3. The van der Waals surface area contributed by atoms with E-state index in [0.717, 1.165) is 0 Å². The second-order valence-electron chi connectivity index (χ2n) is 5.65. The number of hydrogen-bond donors (Lipinski definition) is 2. The Labute approximate surface area is 135 Å². The number of aliphatic hydroxyl groups is 2. The van der Waals surface area contributed by atoms with Crippen molar-refractivity contribution >= 4 is 11.9 Å². The first kappa shape index (κ1) is 17.4. The van der Waals surface area contributed by atoms with Crippen LogP contribution in [-0.4, -0.2) is 52.8 Å². The lowest BCUT2D eigenvalue weighted by atomic mass is 9.96. The van der Waals surface area contributed by atoms with Crippen molar-refractivity contribution in [2.75, 3.05) is 19.7 Å². The van der Waals surface area contributed by atoms with Crippen LogP contribution in [0.25, 0.3) is 0 Å². The molecule has 1 aliphatic heterocycles. The Morgan fingerprint density at radius 3 is 2.39 bits per heavy atom. The lowest BCUT2D eigenvalue weighted by Gasteiger charge is -2.33. The van der Waals surface area contributed by atoms with Gasteiger partial charge in [-0.05, 0) is 25.3 Å². The number of amides is 1. The van der Waals surface area contributed by atoms with Crippen LogP contribution in [0.4, 0.5) is 0 Å². The Morgan fingerprint density at radius 1 is 1.22 bits per heavy atom. The Balaban J connectivity index is 1.90. The minimum atomic E-state index is -1.50. The molecule has 1 amide bonds. The topological polar surface area (TPSA) is 87.1 Å². The van der Waals surface area contributed by atoms with E-state index in [1.807, 2.05) is 0 Å². The summed E-state index contributed by atoms with van der Waals surface area (Å²) in [5, 5.41) is 20.2. The molecule has 0 aromatic heterocycles. The average molecular weight is 321 g/mol. The van der Waals surface area contributed by atoms with Crippen LogP contribution in [0.1, 0.15) is 31.4 Å². The Morgan fingerprint density at radius 2 is 1.83 bits per heavy atom. The molecule has 1 aromatic carbocycles. The number of aliphatic hydroxyl groups excluding tert-OH is 2. The molecule has 1 aromatic rings. The summed E-state index contributed by atoms with van der Waals surface area (Å²) in [4.78, 5) is 25.5. The molecule has 2 atom stereocenters. The second kappa shape index (κ2) is 8.08. The predicted molar refractivity (Wildman–Crippen MR) is 83.3 cm³/mol. The highest BCUT2D eigenvalue weighted by molar-refractivity contribution is 5.82. The summed E-state index contributed by atoms with van der Waals surface area (Å²) in [5.41, 5.74) is 0.495. The highest BCUT2D eigenvalue weighted by atomic mass is 16.5. The number of benzene rings is 1. The predicted octanol–water partition coefficient (Wildman–Crippen LogP) is 0.883. The lowest BCUT2D eigenvalue weighted by Crippen LogP contribution is -2.46. The number of hydrogen-bond acceptors (Lipinski definition) is 5. The van der Waals surface area contributed by atoms with Gasteiger partial charge in [0, 0.05) is 13.1 Å². The third-order valence-corrected chi connectivity index (χ3v) is 4.12. The zero-order valence-corrected chi connectivity index (χ0v) is 13.2. The first-order valence-corrected chi connectivity index (χ1v) is 7.91. The Kier molecular flexibility index (Phi) is 6.12. The van der Waals surface area contributed by atoms with Crippen molar-refractivity contribution in [2.45, 2.75) is 32.0 Å². The number of nitrogens with zero attached hydrogens (tertiary/aromatic N) is 1. The monoisotopic (exact) mass is 321 g/mol. The molecule has 0 bridgehead atoms. The van der Waals surface area contributed by atoms with Gasteiger partial charge < -0.3 is 19.8 Å². The maximum Gasteiger partial charge on any atom is 0.309 e. The molecule has 0 radical (unpaired) electrons. The quantitative estimate of drug-likeness (QED) is 0.786. The number of carbonyl (C=O) groups is 2. The zero-order chi connectivity index (χ0) is 16.8. The Bertz CT molecular complexity index is 525. The molecular formula is C17H23NO5. The van der Waals surface area contributed by atoms with E-state index in [0.29, 0.717) is 38.1 Å². The Hall–Kier alpha value is -1.92. The van der Waals surface area contributed by atoms with E-state index in [2.05, 4.69) is 0 Å². The van der Waals surface area contributed by atoms with E-state index >= 15 is 0 Å². The molecule has 1 aliphatic rings. The first-order chi connectivity index (χ1) is 11.0. The molecule has 0 spiro atoms. The number of esters is 1. The van der Waals surface area contributed by atoms with E-state index in [9.17, 15) is 19.8 Å². The minimum absolute atomic E-state index is 0.199. The lowest BCUT2D eigenvalue weighted by molar-refractivity contribution is -0.154. The van der Waals surface area contributed by atoms with Crippen molar-refractivity contribution < 1.29 is 24.5 Å². The largest absolute Gasteiger partial charge is 0.466 e. The summed E-state index contributed by atoms with van der Waals surface area (Å²) in [5.74, 6) is -0.941. The van der Waals surface area contributed by atoms with Crippen molar-refractivity contribution in [2.24, 2.45) is 5.92 Å². The first-order valence-electron chi connectivity index (χ1n) is 7.91. The van der Waals surface area contributed by atoms with Crippen LogP contribution in [0.2, 0.25) is 0 Å². The summed E-state index contributed by atoms with van der Waals surface area (Å²) >= 11 is 0. The second-order valence-corrected chi connectivity index (χ2v) is 5.65. The fourth-order valence-electron chi connectivity index (χ4n) is 2.75. The summed E-state index contributed by atoms with van der Waals surface area (Å²) in [7, 11) is 0. The van der Waals surface area contributed by atoms with Crippen molar-refractivity contribution in [1.29, 1.82) is 0 Å². The van der Waals surface area contributed by atoms with E-state index in [4.69, 9.17) is 4.74 Å². The van der Waals surface area contributed by atoms with Crippen LogP contribution in [0.3, 0.4) is 0 Å². The smallest absolute Gasteiger partial charge is 0.309 e. The molecule has 1 heterocycles. The molecule has 0 saturated carbocycles. The summed E-state index contributed by atoms with van der Waals surface area (Å²) in [6.07, 6.45) is -1.74. The van der Waals surface area contributed by atoms with Gasteiger partial charge in [-0.2, -0.15) is 0 Å². The van der Waals surface area contributed by atoms with Crippen LogP contribution in [-0.2, 0) is 14.3 Å². The molecule has 6 heteroatoms. The maximum atomic E-state index is 12.3. The van der Waals surface area contributed by atoms with Gasteiger partial charge in [-0.15, -0.1) is 0 Å². The average Bonchev–Trinajstić information content (AvgIpc) is 2.61. The standard InChI is InChI=1S/C17H23NO5/c1-2-23-17(22)13-8-10-18(11-9-13)16(21)15(20)14(19)12-6-4-3-5-7-12/h3-7,13-15,19-20H,2,8-11H2,1H3/t14-,15+/m1/s1. The van der Waals surface area contributed by atoms with E-state index in [1.165, 1.54) is 4.90 Å². The van der Waals surface area contributed by atoms with Gasteiger partial charge in [0.25, 0.3) is 5.91 Å². The number of carbonyl (C=O) groups excluding carboxylic acids is 2. The summed E-state index contributed by atoms with van der Waals surface area (Å²) in [6.45, 7) is 2.86. The molecule has 126 valence electrons. The normalized spacial score (nSPS) is 18.3. The van der Waals surface area contributed by atoms with Gasteiger partial charge in [0.1, 0.15) is 6.10 Å². The van der Waals surface area contributed by atoms with E-state index in [1.54, 1.807) is 37.3 Å². The molecule has 1 saturated heterocycles. The number of piperidine rings is 1. The van der Waals surface area contributed by atoms with Crippen molar-refractivity contribution in [1.82, 2.24) is 4.90 Å². The molecule has 1 fully saturated rings. The van der Waals surface area contributed by atoms with Gasteiger partial charge in [-0.25, -0.2) is 0 Å². The van der Waals surface area contributed by atoms with Crippen molar-refractivity contribution in [3.8, 4) is 0 Å². The SMILES string of the molecule is CCOC(=O)C1CCN(C(=O)[C@@H](O)[C@H](O)c2ccccc2)CC1. The van der Waals surface area contributed by atoms with Crippen LogP contribution < -0.4 is 0 Å². The fraction of sp³-hybridized carbons (Fsp3) is 0.529. The molecule has 2 rings (SSSR count). The highest BCUT2D eigenvalue weighted by Gasteiger charge is 2.33. The molecule has 2 N–H and O–H groups in total. The molecule has 6 nitrogen and oxygen atoms in total. The zero-order valence-electron chi connectivity index (χ0n) is 13.2. The van der Waals surface area contributed by atoms with Gasteiger partial charge in [0.05, 0.1) is 12.5 Å². The summed E-state index contributed by atoms with van der Waals surface area (Å²) < 4.78 is 4.99. The number of ether oxygens (including phenoxy) is 1. The van der Waals surface area contributed by atoms with Gasteiger partial charge in [-0.1, -0.05) is 30.3 Å². The van der Waals surface area contributed by atoms with E-state index in [-0.39, 0.29) is 11.9 Å². The summed E-state index contributed by atoms with van der Waals surface area (Å²) in [6, 6.07) is 8.59. The molecular weight excluding hydrogens is 298 g/mol. The number of rotatable bonds is 5. The van der Waals surface area contributed by atoms with Crippen molar-refractivity contribution in [3.63, 3.8) is 0 Å². The fourth-order valence-corrected chi connectivity index (χ4v) is 2.75. The third kappa shape index (κ3) is 4.30. The molecule has 0 aliphatic carbocycles. The van der Waals surface area contributed by atoms with Crippen LogP contribution in [0.5, 0.6) is 0 Å². The number of likely N-dealkylation sites (tertiary alicyclic amines) is 1. The van der Waals surface area contributed by atoms with Crippen LogP contribution >= 0.6 is 0 Å². The van der Waals surface area contributed by atoms with Crippen LogP contribution in [0, 0.1) is 5.92 Å². The van der Waals surface area contributed by atoms with Crippen molar-refractivity contribution in [3.05, 3.63) is 35.9 Å². The minimum Gasteiger partial charge on any atom is -0.466 e. The van der Waals surface area contributed by atoms with Crippen LogP contribution in [0.15, 0.2) is 30.3 Å². The van der Waals surface area contributed by atoms with Gasteiger partial charge >= 0.3 is 5.97 Å². The molecule has 23 heavy (non-hydrogen) atoms. The molecule has 0 unspecified atom stereocenters.